The average Bonchev–Trinajstić information content (AvgIpc) is 3.12. The third-order valence-corrected chi connectivity index (χ3v) is 10.8. The van der Waals surface area contributed by atoms with Gasteiger partial charge in [-0.2, -0.15) is 18.6 Å². The average molecular weight is 486 g/mol. The molecule has 4 aliphatic rings. The SMILES string of the molecule is C[C@H](CCCOS(=O)(=O)ON)[C@H]1CC[C@H]2[C@@H]3[C@H](O)CC4CC(=O)C=C[C@]4(C)[C@H]3C[C@H](O)[C@]12C. The van der Waals surface area contributed by atoms with Crippen molar-refractivity contribution in [2.24, 2.45) is 52.2 Å². The molecule has 4 rings (SSSR count). The van der Waals surface area contributed by atoms with Gasteiger partial charge in [-0.1, -0.05) is 26.8 Å². The van der Waals surface area contributed by atoms with Gasteiger partial charge in [0.05, 0.1) is 18.8 Å². The van der Waals surface area contributed by atoms with Crippen LogP contribution in [-0.2, 0) is 23.7 Å². The lowest BCUT2D eigenvalue weighted by Gasteiger charge is -2.62. The Morgan fingerprint density at radius 2 is 1.94 bits per heavy atom. The number of hydrogen-bond donors (Lipinski definition) is 3. The molecule has 0 saturated heterocycles. The van der Waals surface area contributed by atoms with E-state index < -0.39 is 22.6 Å². The lowest BCUT2D eigenvalue weighted by molar-refractivity contribution is -0.185. The second-order valence-electron chi connectivity index (χ2n) is 11.4. The zero-order valence-electron chi connectivity index (χ0n) is 19.9. The van der Waals surface area contributed by atoms with Gasteiger partial charge in [-0.3, -0.25) is 4.79 Å². The van der Waals surface area contributed by atoms with E-state index in [1.54, 1.807) is 6.08 Å². The molecule has 0 radical (unpaired) electrons. The highest BCUT2D eigenvalue weighted by molar-refractivity contribution is 7.81. The molecule has 0 amide bonds. The van der Waals surface area contributed by atoms with E-state index in [0.29, 0.717) is 25.7 Å². The molecule has 8 nitrogen and oxygen atoms in total. The third-order valence-electron chi connectivity index (χ3n) is 10.1. The van der Waals surface area contributed by atoms with Crippen molar-refractivity contribution < 1.29 is 31.9 Å². The van der Waals surface area contributed by atoms with Crippen molar-refractivity contribution in [3.63, 3.8) is 0 Å². The summed E-state index contributed by atoms with van der Waals surface area (Å²) in [6.45, 7) is 6.58. The Kier molecular flexibility index (Phi) is 6.88. The van der Waals surface area contributed by atoms with Crippen molar-refractivity contribution >= 4 is 16.2 Å². The molecule has 10 atom stereocenters. The molecule has 0 aromatic heterocycles. The molecule has 1 unspecified atom stereocenters. The molecule has 3 saturated carbocycles. The lowest BCUT2D eigenvalue weighted by atomic mass is 9.44. The standard InChI is InChI=1S/C24H39NO7S/c1-14(5-4-10-31-33(29,30)32-25)17-6-7-18-22-19(13-21(28)24(17,18)3)23(2)9-8-16(26)11-15(23)12-20(22)27/h8-9,14-15,17-22,27-28H,4-7,10-13,25H2,1-3H3/t14-,15?,17-,18+,19+,20-,21+,22+,23+,24-/m1/s1. The fourth-order valence-electron chi connectivity index (χ4n) is 8.34. The van der Waals surface area contributed by atoms with Crippen LogP contribution in [0.15, 0.2) is 12.2 Å². The Hall–Kier alpha value is -0.840. The Morgan fingerprint density at radius 1 is 1.21 bits per heavy atom. The monoisotopic (exact) mass is 485 g/mol. The Morgan fingerprint density at radius 3 is 2.64 bits per heavy atom. The number of carbonyl (C=O) groups is 1. The number of ketones is 1. The van der Waals surface area contributed by atoms with Crippen LogP contribution in [0.3, 0.4) is 0 Å². The van der Waals surface area contributed by atoms with Crippen LogP contribution >= 0.6 is 0 Å². The highest BCUT2D eigenvalue weighted by Gasteiger charge is 2.65. The summed E-state index contributed by atoms with van der Waals surface area (Å²) in [5.74, 6) is 6.01. The van der Waals surface area contributed by atoms with Gasteiger partial charge in [0, 0.05) is 6.42 Å². The van der Waals surface area contributed by atoms with Crippen LogP contribution in [0.25, 0.3) is 0 Å². The molecule has 0 spiro atoms. The Balaban J connectivity index is 1.50. The van der Waals surface area contributed by atoms with Gasteiger partial charge in [0.15, 0.2) is 5.78 Å². The van der Waals surface area contributed by atoms with Crippen LogP contribution in [0.4, 0.5) is 0 Å². The zero-order chi connectivity index (χ0) is 24.2. The second-order valence-corrected chi connectivity index (χ2v) is 12.7. The smallest absolute Gasteiger partial charge is 0.393 e. The molecule has 4 aliphatic carbocycles. The summed E-state index contributed by atoms with van der Waals surface area (Å²) in [5, 5.41) is 22.8. The van der Waals surface area contributed by atoms with E-state index in [0.717, 1.165) is 19.3 Å². The summed E-state index contributed by atoms with van der Waals surface area (Å²) in [7, 11) is -4.13. The number of nitrogens with two attached hydrogens (primary N) is 1. The van der Waals surface area contributed by atoms with E-state index >= 15 is 0 Å². The van der Waals surface area contributed by atoms with Crippen LogP contribution in [0.1, 0.15) is 65.7 Å². The van der Waals surface area contributed by atoms with E-state index in [1.807, 2.05) is 0 Å². The highest BCUT2D eigenvalue weighted by atomic mass is 32.3. The number of rotatable bonds is 7. The first kappa shape index (κ1) is 25.3. The van der Waals surface area contributed by atoms with Gasteiger partial charge in [-0.15, -0.1) is 0 Å². The van der Waals surface area contributed by atoms with E-state index in [9.17, 15) is 23.4 Å². The number of aliphatic hydroxyl groups excluding tert-OH is 2. The fraction of sp³-hybridized carbons (Fsp3) is 0.875. The molecule has 9 heteroatoms. The number of carbonyl (C=O) groups excluding carboxylic acids is 1. The zero-order valence-corrected chi connectivity index (χ0v) is 20.7. The molecule has 3 fully saturated rings. The summed E-state index contributed by atoms with van der Waals surface area (Å²) in [6.07, 6.45) is 7.88. The number of aliphatic hydroxyl groups is 2. The predicted octanol–water partition coefficient (Wildman–Crippen LogP) is 2.50. The van der Waals surface area contributed by atoms with E-state index in [2.05, 4.69) is 31.1 Å². The molecule has 33 heavy (non-hydrogen) atoms. The minimum Gasteiger partial charge on any atom is -0.393 e. The maximum absolute atomic E-state index is 12.0. The summed E-state index contributed by atoms with van der Waals surface area (Å²) < 4.78 is 31.0. The molecule has 0 aliphatic heterocycles. The van der Waals surface area contributed by atoms with E-state index in [1.165, 1.54) is 0 Å². The molecule has 4 N–H and O–H groups in total. The van der Waals surface area contributed by atoms with Gasteiger partial charge >= 0.3 is 10.4 Å². The number of allylic oxidation sites excluding steroid dienone is 2. The van der Waals surface area contributed by atoms with Gasteiger partial charge in [-0.05, 0) is 90.9 Å². The third kappa shape index (κ3) is 4.23. The fourth-order valence-corrected chi connectivity index (χ4v) is 8.72. The number of fused-ring (bicyclic) bond motifs is 5. The molecular formula is C24H39NO7S. The summed E-state index contributed by atoms with van der Waals surface area (Å²) in [5.41, 5.74) is -0.468. The van der Waals surface area contributed by atoms with Gasteiger partial charge in [-0.25, -0.2) is 4.18 Å². The van der Waals surface area contributed by atoms with Crippen molar-refractivity contribution in [1.29, 1.82) is 0 Å². The molecule has 0 aromatic rings. The van der Waals surface area contributed by atoms with Gasteiger partial charge in [0.25, 0.3) is 0 Å². The Labute approximate surface area is 197 Å². The maximum atomic E-state index is 12.0. The predicted molar refractivity (Wildman–Crippen MR) is 121 cm³/mol. The first-order valence-corrected chi connectivity index (χ1v) is 13.6. The van der Waals surface area contributed by atoms with Crippen molar-refractivity contribution in [2.75, 3.05) is 6.61 Å². The van der Waals surface area contributed by atoms with Crippen molar-refractivity contribution in [3.05, 3.63) is 12.2 Å². The van der Waals surface area contributed by atoms with Crippen LogP contribution in [0, 0.1) is 46.3 Å². The molecular weight excluding hydrogens is 446 g/mol. The first-order valence-electron chi connectivity index (χ1n) is 12.3. The molecule has 0 bridgehead atoms. The summed E-state index contributed by atoms with van der Waals surface area (Å²) in [6, 6.07) is 0. The topological polar surface area (TPSA) is 136 Å². The second kappa shape index (κ2) is 8.99. The van der Waals surface area contributed by atoms with Gasteiger partial charge in [0.2, 0.25) is 0 Å². The number of hydrogen-bond acceptors (Lipinski definition) is 8. The lowest BCUT2D eigenvalue weighted by Crippen LogP contribution is -2.61. The first-order chi connectivity index (χ1) is 15.4. The van der Waals surface area contributed by atoms with Crippen LogP contribution in [0.5, 0.6) is 0 Å². The van der Waals surface area contributed by atoms with Crippen LogP contribution in [0.2, 0.25) is 0 Å². The van der Waals surface area contributed by atoms with Crippen LogP contribution < -0.4 is 5.90 Å². The quantitative estimate of drug-likeness (QED) is 0.370. The van der Waals surface area contributed by atoms with E-state index in [4.69, 9.17) is 10.1 Å². The van der Waals surface area contributed by atoms with Crippen LogP contribution in [-0.4, -0.2) is 43.2 Å². The van der Waals surface area contributed by atoms with Gasteiger partial charge < -0.3 is 10.2 Å². The normalized spacial score (nSPS) is 45.9. The van der Waals surface area contributed by atoms with E-state index in [-0.39, 0.29) is 58.7 Å². The van der Waals surface area contributed by atoms with Crippen molar-refractivity contribution in [2.45, 2.75) is 77.9 Å². The largest absolute Gasteiger partial charge is 0.415 e. The highest BCUT2D eigenvalue weighted by Crippen LogP contribution is 2.67. The Bertz CT molecular complexity index is 891. The minimum absolute atomic E-state index is 0.00744. The summed E-state index contributed by atoms with van der Waals surface area (Å²) >= 11 is 0. The maximum Gasteiger partial charge on any atom is 0.415 e. The molecule has 0 aromatic carbocycles. The summed E-state index contributed by atoms with van der Waals surface area (Å²) in [4.78, 5) is 12.0. The minimum atomic E-state index is -4.13. The van der Waals surface area contributed by atoms with Crippen molar-refractivity contribution in [3.8, 4) is 0 Å². The molecule has 0 heterocycles. The molecule has 188 valence electrons. The van der Waals surface area contributed by atoms with Gasteiger partial charge in [0.1, 0.15) is 0 Å². The van der Waals surface area contributed by atoms with Crippen molar-refractivity contribution in [1.82, 2.24) is 0 Å².